The van der Waals surface area contributed by atoms with E-state index in [9.17, 15) is 4.79 Å². The van der Waals surface area contributed by atoms with Crippen molar-refractivity contribution in [1.29, 1.82) is 0 Å². The van der Waals surface area contributed by atoms with Crippen LogP contribution in [0.2, 0.25) is 5.02 Å². The molecule has 0 saturated carbocycles. The van der Waals surface area contributed by atoms with Gasteiger partial charge in [-0.1, -0.05) is 29.8 Å². The molecule has 1 fully saturated rings. The highest BCUT2D eigenvalue weighted by Gasteiger charge is 2.25. The highest BCUT2D eigenvalue weighted by atomic mass is 35.5. The van der Waals surface area contributed by atoms with Crippen molar-refractivity contribution in [3.8, 4) is 5.75 Å². The molecule has 132 valence electrons. The van der Waals surface area contributed by atoms with Crippen LogP contribution in [0.3, 0.4) is 0 Å². The molecule has 0 bridgehead atoms. The number of likely N-dealkylation sites (tertiary alicyclic amines) is 1. The molecule has 1 saturated heterocycles. The number of halogens is 1. The Bertz CT molecular complexity index is 734. The van der Waals surface area contributed by atoms with Gasteiger partial charge >= 0.3 is 0 Å². The van der Waals surface area contributed by atoms with Crippen LogP contribution in [0.25, 0.3) is 0 Å². The summed E-state index contributed by atoms with van der Waals surface area (Å²) < 4.78 is 11.2. The molecule has 5 heteroatoms. The molecule has 25 heavy (non-hydrogen) atoms. The predicted octanol–water partition coefficient (Wildman–Crippen LogP) is 4.17. The van der Waals surface area contributed by atoms with E-state index in [1.807, 2.05) is 47.4 Å². The first-order valence-electron chi connectivity index (χ1n) is 8.45. The second kappa shape index (κ2) is 8.37. The minimum atomic E-state index is 0.0231. The van der Waals surface area contributed by atoms with Gasteiger partial charge in [-0.3, -0.25) is 4.79 Å². The molecule has 0 radical (unpaired) electrons. The van der Waals surface area contributed by atoms with Gasteiger partial charge in [0.25, 0.3) is 5.91 Å². The first kappa shape index (κ1) is 17.8. The summed E-state index contributed by atoms with van der Waals surface area (Å²) in [6.45, 7) is 1.87. The van der Waals surface area contributed by atoms with Crippen LogP contribution in [0.5, 0.6) is 5.75 Å². The largest absolute Gasteiger partial charge is 0.497 e. The molecule has 1 unspecified atom stereocenters. The Hall–Kier alpha value is -2.04. The van der Waals surface area contributed by atoms with Crippen molar-refractivity contribution in [1.82, 2.24) is 4.90 Å². The number of rotatable bonds is 5. The molecule has 3 rings (SSSR count). The van der Waals surface area contributed by atoms with E-state index in [4.69, 9.17) is 21.1 Å². The van der Waals surface area contributed by atoms with Crippen LogP contribution < -0.4 is 4.74 Å². The number of piperidine rings is 1. The molecule has 0 spiro atoms. The quantitative estimate of drug-likeness (QED) is 0.804. The van der Waals surface area contributed by atoms with E-state index in [2.05, 4.69) is 0 Å². The van der Waals surface area contributed by atoms with Gasteiger partial charge in [0.15, 0.2) is 0 Å². The number of hydrogen-bond acceptors (Lipinski definition) is 3. The van der Waals surface area contributed by atoms with E-state index >= 15 is 0 Å². The number of carbonyl (C=O) groups is 1. The van der Waals surface area contributed by atoms with Crippen molar-refractivity contribution in [2.24, 2.45) is 0 Å². The Morgan fingerprint density at radius 3 is 2.88 bits per heavy atom. The van der Waals surface area contributed by atoms with Crippen molar-refractivity contribution in [2.45, 2.75) is 25.6 Å². The molecule has 0 aromatic heterocycles. The van der Waals surface area contributed by atoms with Crippen LogP contribution in [0.15, 0.2) is 48.5 Å². The standard InChI is InChI=1S/C20H22ClNO3/c1-24-18-8-3-6-16(12-18)20(23)22-10-4-9-19(13-22)25-14-15-5-2-7-17(21)11-15/h2-3,5-8,11-12,19H,4,9-10,13-14H2,1H3. The monoisotopic (exact) mass is 359 g/mol. The molecule has 1 amide bonds. The van der Waals surface area contributed by atoms with Crippen molar-refractivity contribution >= 4 is 17.5 Å². The summed E-state index contributed by atoms with van der Waals surface area (Å²) in [5.41, 5.74) is 1.69. The van der Waals surface area contributed by atoms with Crippen LogP contribution >= 0.6 is 11.6 Å². The summed E-state index contributed by atoms with van der Waals surface area (Å²) in [6, 6.07) is 14.9. The Balaban J connectivity index is 1.59. The summed E-state index contributed by atoms with van der Waals surface area (Å²) in [4.78, 5) is 14.6. The maximum absolute atomic E-state index is 12.7. The van der Waals surface area contributed by atoms with E-state index < -0.39 is 0 Å². The molecule has 2 aromatic carbocycles. The molecular weight excluding hydrogens is 338 g/mol. The van der Waals surface area contributed by atoms with E-state index in [1.54, 1.807) is 13.2 Å². The van der Waals surface area contributed by atoms with Gasteiger partial charge in [-0.2, -0.15) is 0 Å². The second-order valence-corrected chi connectivity index (χ2v) is 6.62. The zero-order valence-corrected chi connectivity index (χ0v) is 15.0. The van der Waals surface area contributed by atoms with Gasteiger partial charge in [0.1, 0.15) is 5.75 Å². The van der Waals surface area contributed by atoms with Crippen molar-refractivity contribution in [3.05, 3.63) is 64.7 Å². The van der Waals surface area contributed by atoms with Gasteiger partial charge in [0.05, 0.1) is 19.8 Å². The molecule has 4 nitrogen and oxygen atoms in total. The normalized spacial score (nSPS) is 17.4. The molecular formula is C20H22ClNO3. The fourth-order valence-corrected chi connectivity index (χ4v) is 3.25. The molecule has 1 heterocycles. The smallest absolute Gasteiger partial charge is 0.254 e. The van der Waals surface area contributed by atoms with Gasteiger partial charge in [-0.25, -0.2) is 0 Å². The number of nitrogens with zero attached hydrogens (tertiary/aromatic N) is 1. The van der Waals surface area contributed by atoms with Gasteiger partial charge in [0, 0.05) is 23.7 Å². The third kappa shape index (κ3) is 4.74. The minimum absolute atomic E-state index is 0.0231. The number of benzene rings is 2. The summed E-state index contributed by atoms with van der Waals surface area (Å²) in [5, 5.41) is 0.708. The average Bonchev–Trinajstić information content (AvgIpc) is 2.66. The Morgan fingerprint density at radius 1 is 1.24 bits per heavy atom. The lowest BCUT2D eigenvalue weighted by atomic mass is 10.1. The Morgan fingerprint density at radius 2 is 2.08 bits per heavy atom. The number of hydrogen-bond donors (Lipinski definition) is 0. The molecule has 1 aliphatic heterocycles. The van der Waals surface area contributed by atoms with Gasteiger partial charge in [0.2, 0.25) is 0 Å². The molecule has 1 atom stereocenters. The Labute approximate surface area is 153 Å². The van der Waals surface area contributed by atoms with Crippen LogP contribution in [0.4, 0.5) is 0 Å². The van der Waals surface area contributed by atoms with Crippen molar-refractivity contribution in [2.75, 3.05) is 20.2 Å². The van der Waals surface area contributed by atoms with E-state index in [1.165, 1.54) is 0 Å². The van der Waals surface area contributed by atoms with E-state index in [0.29, 0.717) is 29.5 Å². The van der Waals surface area contributed by atoms with Crippen LogP contribution in [0.1, 0.15) is 28.8 Å². The fourth-order valence-electron chi connectivity index (χ4n) is 3.04. The number of methoxy groups -OCH3 is 1. The van der Waals surface area contributed by atoms with Crippen molar-refractivity contribution < 1.29 is 14.3 Å². The van der Waals surface area contributed by atoms with Gasteiger partial charge in [-0.05, 0) is 48.7 Å². The molecule has 2 aromatic rings. The Kier molecular flexibility index (Phi) is 5.95. The first-order valence-corrected chi connectivity index (χ1v) is 8.83. The summed E-state index contributed by atoms with van der Waals surface area (Å²) in [7, 11) is 1.60. The topological polar surface area (TPSA) is 38.8 Å². The van der Waals surface area contributed by atoms with Gasteiger partial charge in [-0.15, -0.1) is 0 Å². The summed E-state index contributed by atoms with van der Waals surface area (Å²) >= 11 is 6.00. The lowest BCUT2D eigenvalue weighted by Gasteiger charge is -2.32. The summed E-state index contributed by atoms with van der Waals surface area (Å²) in [6.07, 6.45) is 1.94. The number of carbonyl (C=O) groups excluding carboxylic acids is 1. The number of amides is 1. The third-order valence-electron chi connectivity index (χ3n) is 4.36. The first-order chi connectivity index (χ1) is 12.2. The van der Waals surface area contributed by atoms with E-state index in [-0.39, 0.29) is 12.0 Å². The lowest BCUT2D eigenvalue weighted by molar-refractivity contribution is -0.00673. The maximum atomic E-state index is 12.7. The molecule has 0 aliphatic carbocycles. The van der Waals surface area contributed by atoms with Crippen LogP contribution in [0, 0.1) is 0 Å². The lowest BCUT2D eigenvalue weighted by Crippen LogP contribution is -2.43. The van der Waals surface area contributed by atoms with E-state index in [0.717, 1.165) is 24.9 Å². The van der Waals surface area contributed by atoms with Gasteiger partial charge < -0.3 is 14.4 Å². The number of ether oxygens (including phenoxy) is 2. The molecule has 1 aliphatic rings. The maximum Gasteiger partial charge on any atom is 0.254 e. The van der Waals surface area contributed by atoms with Crippen LogP contribution in [-0.2, 0) is 11.3 Å². The zero-order chi connectivity index (χ0) is 17.6. The predicted molar refractivity (Wildman–Crippen MR) is 98.2 cm³/mol. The van der Waals surface area contributed by atoms with Crippen molar-refractivity contribution in [3.63, 3.8) is 0 Å². The zero-order valence-electron chi connectivity index (χ0n) is 14.3. The SMILES string of the molecule is COc1cccc(C(=O)N2CCCC(OCc3cccc(Cl)c3)C2)c1. The molecule has 0 N–H and O–H groups in total. The second-order valence-electron chi connectivity index (χ2n) is 6.19. The average molecular weight is 360 g/mol. The summed E-state index contributed by atoms with van der Waals surface area (Å²) in [5.74, 6) is 0.714. The third-order valence-corrected chi connectivity index (χ3v) is 4.59. The minimum Gasteiger partial charge on any atom is -0.497 e. The fraction of sp³-hybridized carbons (Fsp3) is 0.350. The highest BCUT2D eigenvalue weighted by Crippen LogP contribution is 2.20. The van der Waals surface area contributed by atoms with Crippen LogP contribution in [-0.4, -0.2) is 37.1 Å². The highest BCUT2D eigenvalue weighted by molar-refractivity contribution is 6.30.